The average Bonchev–Trinajstić information content (AvgIpc) is 2.55. The van der Waals surface area contributed by atoms with Gasteiger partial charge in [-0.05, 0) is 43.2 Å². The van der Waals surface area contributed by atoms with Crippen LogP contribution >= 0.6 is 0 Å². The highest BCUT2D eigenvalue weighted by Crippen LogP contribution is 2.37. The van der Waals surface area contributed by atoms with Crippen LogP contribution in [0.1, 0.15) is 29.7 Å². The second-order valence-electron chi connectivity index (χ2n) is 6.06. The van der Waals surface area contributed by atoms with Crippen LogP contribution in [0.3, 0.4) is 0 Å². The molecule has 1 aliphatic heterocycles. The third-order valence-electron chi connectivity index (χ3n) is 4.41. The number of benzene rings is 2. The van der Waals surface area contributed by atoms with E-state index in [4.69, 9.17) is 5.73 Å². The molecule has 2 aromatic rings. The number of fused-ring (bicyclic) bond motifs is 1. The molecule has 2 aromatic carbocycles. The van der Waals surface area contributed by atoms with Crippen LogP contribution in [-0.2, 0) is 17.4 Å². The van der Waals surface area contributed by atoms with E-state index in [0.717, 1.165) is 17.7 Å². The number of amides is 1. The average molecular weight is 352 g/mol. The molecule has 2 atom stereocenters. The van der Waals surface area contributed by atoms with Crippen molar-refractivity contribution >= 4 is 11.6 Å². The Hall–Kier alpha value is -2.41. The number of rotatable bonds is 2. The van der Waals surface area contributed by atoms with Crippen LogP contribution in [0.2, 0.25) is 0 Å². The lowest BCUT2D eigenvalue weighted by molar-refractivity contribution is -0.137. The Kier molecular flexibility index (Phi) is 4.28. The molecule has 0 spiro atoms. The van der Waals surface area contributed by atoms with Crippen LogP contribution in [0.15, 0.2) is 42.5 Å². The van der Waals surface area contributed by atoms with Gasteiger partial charge < -0.3 is 10.6 Å². The molecule has 2 N–H and O–H groups in total. The monoisotopic (exact) mass is 352 g/mol. The second-order valence-corrected chi connectivity index (χ2v) is 6.06. The van der Waals surface area contributed by atoms with Gasteiger partial charge in [0.2, 0.25) is 5.91 Å². The number of nitrogens with zero attached hydrogens (tertiary/aromatic N) is 1. The molecule has 0 saturated carbocycles. The maximum Gasteiger partial charge on any atom is 0.416 e. The van der Waals surface area contributed by atoms with Crippen molar-refractivity contribution in [3.05, 3.63) is 65.0 Å². The molecule has 0 radical (unpaired) electrons. The quantitative estimate of drug-likeness (QED) is 0.835. The van der Waals surface area contributed by atoms with E-state index >= 15 is 0 Å². The van der Waals surface area contributed by atoms with Crippen molar-refractivity contribution in [3.8, 4) is 0 Å². The summed E-state index contributed by atoms with van der Waals surface area (Å²) in [7, 11) is 0. The predicted molar refractivity (Wildman–Crippen MR) is 85.4 cm³/mol. The van der Waals surface area contributed by atoms with Crippen molar-refractivity contribution in [2.75, 3.05) is 4.90 Å². The van der Waals surface area contributed by atoms with Gasteiger partial charge >= 0.3 is 6.18 Å². The van der Waals surface area contributed by atoms with Gasteiger partial charge in [0.25, 0.3) is 0 Å². The normalized spacial score (nSPS) is 18.9. The largest absolute Gasteiger partial charge is 0.416 e. The van der Waals surface area contributed by atoms with Gasteiger partial charge in [-0.15, -0.1) is 0 Å². The highest BCUT2D eigenvalue weighted by molar-refractivity contribution is 6.00. The smallest absolute Gasteiger partial charge is 0.320 e. The zero-order valence-corrected chi connectivity index (χ0v) is 13.3. The Balaban J connectivity index is 2.09. The van der Waals surface area contributed by atoms with Crippen LogP contribution in [0, 0.1) is 5.82 Å². The number of alkyl halides is 3. The van der Waals surface area contributed by atoms with Gasteiger partial charge in [0.1, 0.15) is 5.82 Å². The van der Waals surface area contributed by atoms with Gasteiger partial charge in [-0.1, -0.05) is 18.2 Å². The topological polar surface area (TPSA) is 46.3 Å². The number of hydrogen-bond acceptors (Lipinski definition) is 2. The maximum absolute atomic E-state index is 14.2. The van der Waals surface area contributed by atoms with E-state index in [9.17, 15) is 22.4 Å². The maximum atomic E-state index is 14.2. The summed E-state index contributed by atoms with van der Waals surface area (Å²) in [5.41, 5.74) is 6.05. The van der Waals surface area contributed by atoms with E-state index in [1.807, 2.05) is 0 Å². The molecule has 7 heteroatoms. The summed E-state index contributed by atoms with van der Waals surface area (Å²) in [6, 6.07) is 7.44. The molecule has 1 amide bonds. The number of nitrogens with two attached hydrogens (primary N) is 1. The molecule has 0 aromatic heterocycles. The minimum atomic E-state index is -4.59. The molecule has 1 aliphatic rings. The van der Waals surface area contributed by atoms with Crippen molar-refractivity contribution in [3.63, 3.8) is 0 Å². The number of anilines is 1. The Labute approximate surface area is 142 Å². The summed E-state index contributed by atoms with van der Waals surface area (Å²) in [5, 5.41) is 0. The number of halogens is 4. The fourth-order valence-corrected chi connectivity index (χ4v) is 3.12. The van der Waals surface area contributed by atoms with E-state index < -0.39 is 35.5 Å². The Morgan fingerprint density at radius 2 is 1.88 bits per heavy atom. The van der Waals surface area contributed by atoms with Gasteiger partial charge in [-0.25, -0.2) is 4.39 Å². The molecule has 0 unspecified atom stereocenters. The van der Waals surface area contributed by atoms with E-state index in [0.29, 0.717) is 18.2 Å². The second kappa shape index (κ2) is 6.15. The summed E-state index contributed by atoms with van der Waals surface area (Å²) in [6.07, 6.45) is -4.26. The fraction of sp³-hybridized carbons (Fsp3) is 0.278. The summed E-state index contributed by atoms with van der Waals surface area (Å²) in [4.78, 5) is 13.8. The van der Waals surface area contributed by atoms with Gasteiger partial charge in [0, 0.05) is 11.3 Å². The summed E-state index contributed by atoms with van der Waals surface area (Å²) in [6.45, 7) is 1.49. The Morgan fingerprint density at radius 3 is 2.56 bits per heavy atom. The standard InChI is InChI=1S/C18H16F4N2O/c1-10(13-9-12(18(20,21)22)6-7-14(13)19)24-16-5-3-2-4-11(16)8-15(23)17(24)25/h2-7,9-10,15H,8,23H2,1H3/t10-,15+/m0/s1. The lowest BCUT2D eigenvalue weighted by Gasteiger charge is -2.37. The molecule has 0 aliphatic carbocycles. The molecule has 25 heavy (non-hydrogen) atoms. The highest BCUT2D eigenvalue weighted by atomic mass is 19.4. The van der Waals surface area contributed by atoms with Crippen LogP contribution in [-0.4, -0.2) is 11.9 Å². The molecular formula is C18H16F4N2O. The van der Waals surface area contributed by atoms with Crippen LogP contribution in [0.5, 0.6) is 0 Å². The van der Waals surface area contributed by atoms with Crippen molar-refractivity contribution < 1.29 is 22.4 Å². The minimum Gasteiger partial charge on any atom is -0.320 e. The molecule has 0 saturated heterocycles. The van der Waals surface area contributed by atoms with Crippen LogP contribution < -0.4 is 10.6 Å². The Bertz CT molecular complexity index is 819. The summed E-state index contributed by atoms with van der Waals surface area (Å²) in [5.74, 6) is -1.24. The van der Waals surface area contributed by atoms with E-state index in [1.54, 1.807) is 24.3 Å². The number of carbonyl (C=O) groups excluding carboxylic acids is 1. The zero-order valence-electron chi connectivity index (χ0n) is 13.3. The first-order valence-corrected chi connectivity index (χ1v) is 7.73. The first-order chi connectivity index (χ1) is 11.7. The number of carbonyl (C=O) groups is 1. The lowest BCUT2D eigenvalue weighted by atomic mass is 9.94. The first-order valence-electron chi connectivity index (χ1n) is 7.73. The number of hydrogen-bond donors (Lipinski definition) is 1. The van der Waals surface area contributed by atoms with Gasteiger partial charge in [-0.2, -0.15) is 13.2 Å². The molecular weight excluding hydrogens is 336 g/mol. The van der Waals surface area contributed by atoms with Crippen molar-refractivity contribution in [2.45, 2.75) is 31.6 Å². The summed E-state index contributed by atoms with van der Waals surface area (Å²) >= 11 is 0. The number of para-hydroxylation sites is 1. The van der Waals surface area contributed by atoms with Gasteiger partial charge in [0.05, 0.1) is 17.6 Å². The van der Waals surface area contributed by atoms with E-state index in [-0.39, 0.29) is 5.56 Å². The molecule has 0 fully saturated rings. The minimum absolute atomic E-state index is 0.202. The predicted octanol–water partition coefficient (Wildman–Crippen LogP) is 3.82. The van der Waals surface area contributed by atoms with E-state index in [1.165, 1.54) is 11.8 Å². The third kappa shape index (κ3) is 3.11. The SMILES string of the molecule is C[C@@H](c1cc(C(F)(F)F)ccc1F)N1C(=O)[C@H](N)Cc2ccccc21. The molecule has 132 valence electrons. The molecule has 3 rings (SSSR count). The molecule has 3 nitrogen and oxygen atoms in total. The van der Waals surface area contributed by atoms with Crippen molar-refractivity contribution in [2.24, 2.45) is 5.73 Å². The van der Waals surface area contributed by atoms with Gasteiger partial charge in [-0.3, -0.25) is 4.79 Å². The Morgan fingerprint density at radius 1 is 1.20 bits per heavy atom. The van der Waals surface area contributed by atoms with Crippen molar-refractivity contribution in [1.82, 2.24) is 0 Å². The fourth-order valence-electron chi connectivity index (χ4n) is 3.12. The van der Waals surface area contributed by atoms with Crippen LogP contribution in [0.25, 0.3) is 0 Å². The van der Waals surface area contributed by atoms with E-state index in [2.05, 4.69) is 0 Å². The zero-order chi connectivity index (χ0) is 18.4. The first kappa shape index (κ1) is 17.4. The van der Waals surface area contributed by atoms with Crippen molar-refractivity contribution in [1.29, 1.82) is 0 Å². The highest BCUT2D eigenvalue weighted by Gasteiger charge is 2.36. The summed E-state index contributed by atoms with van der Waals surface area (Å²) < 4.78 is 53.1. The van der Waals surface area contributed by atoms with Gasteiger partial charge in [0.15, 0.2) is 0 Å². The lowest BCUT2D eigenvalue weighted by Crippen LogP contribution is -2.49. The molecule has 0 bridgehead atoms. The third-order valence-corrected chi connectivity index (χ3v) is 4.41. The van der Waals surface area contributed by atoms with Crippen LogP contribution in [0.4, 0.5) is 23.2 Å². The molecule has 1 heterocycles.